The maximum atomic E-state index is 9.88. The van der Waals surface area contributed by atoms with Crippen molar-refractivity contribution in [2.24, 2.45) is 0 Å². The molecule has 0 saturated heterocycles. The molecule has 0 atom stereocenters. The minimum absolute atomic E-state index is 0.0890. The minimum Gasteiger partial charge on any atom is -0.366 e. The Kier molecular flexibility index (Phi) is 3.70. The van der Waals surface area contributed by atoms with Crippen LogP contribution >= 0.6 is 0 Å². The highest BCUT2D eigenvalue weighted by Crippen LogP contribution is 1.98. The van der Waals surface area contributed by atoms with Gasteiger partial charge in [0.25, 0.3) is 0 Å². The van der Waals surface area contributed by atoms with E-state index in [0.29, 0.717) is 12.3 Å². The number of amidine groups is 1. The average Bonchev–Trinajstić information content (AvgIpc) is 2.16. The Morgan fingerprint density at radius 1 is 1.38 bits per heavy atom. The summed E-state index contributed by atoms with van der Waals surface area (Å²) in [5.41, 5.74) is 1.06. The molecule has 2 N–H and O–H groups in total. The molecule has 0 bridgehead atoms. The fourth-order valence-electron chi connectivity index (χ4n) is 1.01. The van der Waals surface area contributed by atoms with E-state index in [1.807, 2.05) is 30.3 Å². The van der Waals surface area contributed by atoms with Gasteiger partial charge < -0.3 is 5.32 Å². The van der Waals surface area contributed by atoms with E-state index in [0.717, 1.165) is 5.56 Å². The van der Waals surface area contributed by atoms with Gasteiger partial charge in [0, 0.05) is 6.42 Å². The van der Waals surface area contributed by atoms with E-state index < -0.39 is 0 Å². The monoisotopic (exact) mass is 175 g/mol. The van der Waals surface area contributed by atoms with E-state index in [1.54, 1.807) is 6.29 Å². The van der Waals surface area contributed by atoms with Crippen molar-refractivity contribution in [1.82, 2.24) is 5.32 Å². The quantitative estimate of drug-likeness (QED) is 0.527. The van der Waals surface area contributed by atoms with Crippen molar-refractivity contribution in [2.45, 2.75) is 6.42 Å². The first kappa shape index (κ1) is 9.45. The van der Waals surface area contributed by atoms with Gasteiger partial charge in [-0.05, 0) is 5.56 Å². The summed E-state index contributed by atoms with van der Waals surface area (Å²) in [6, 6.07) is 9.67. The molecule has 1 rings (SSSR count). The van der Waals surface area contributed by atoms with Crippen molar-refractivity contribution >= 4 is 12.1 Å². The molecule has 13 heavy (non-hydrogen) atoms. The van der Waals surface area contributed by atoms with Gasteiger partial charge in [-0.15, -0.1) is 0 Å². The zero-order chi connectivity index (χ0) is 9.52. The van der Waals surface area contributed by atoms with Crippen LogP contribution in [0.15, 0.2) is 30.3 Å². The Hall–Kier alpha value is -1.64. The topological polar surface area (TPSA) is 53.0 Å². The molecule has 0 spiro atoms. The lowest BCUT2D eigenvalue weighted by Gasteiger charge is -2.03. The molecule has 0 heterocycles. The molecule has 3 nitrogen and oxygen atoms in total. The van der Waals surface area contributed by atoms with E-state index in [-0.39, 0.29) is 6.54 Å². The van der Waals surface area contributed by atoms with Crippen molar-refractivity contribution in [1.29, 1.82) is 5.41 Å². The summed E-state index contributed by atoms with van der Waals surface area (Å²) in [7, 11) is 0. The third kappa shape index (κ3) is 3.51. The van der Waals surface area contributed by atoms with Crippen molar-refractivity contribution in [3.63, 3.8) is 0 Å². The SMILES string of the molecule is N=C(Cc1ccccc1)NC[C]=O. The smallest absolute Gasteiger partial charge is 0.219 e. The van der Waals surface area contributed by atoms with E-state index in [9.17, 15) is 4.79 Å². The fourth-order valence-corrected chi connectivity index (χ4v) is 1.01. The lowest BCUT2D eigenvalue weighted by atomic mass is 10.1. The van der Waals surface area contributed by atoms with Crippen LogP contribution in [0.25, 0.3) is 0 Å². The van der Waals surface area contributed by atoms with Gasteiger partial charge in [0.05, 0.1) is 12.4 Å². The first-order valence-corrected chi connectivity index (χ1v) is 4.03. The summed E-state index contributed by atoms with van der Waals surface area (Å²) in [6.45, 7) is 0.0890. The van der Waals surface area contributed by atoms with E-state index >= 15 is 0 Å². The molecule has 0 unspecified atom stereocenters. The number of nitrogens with one attached hydrogen (secondary N) is 2. The summed E-state index contributed by atoms with van der Waals surface area (Å²) in [4.78, 5) is 9.88. The largest absolute Gasteiger partial charge is 0.366 e. The van der Waals surface area contributed by atoms with Crippen molar-refractivity contribution < 1.29 is 4.79 Å². The molecule has 0 aliphatic carbocycles. The molecule has 0 fully saturated rings. The Balaban J connectivity index is 2.41. The second-order valence-electron chi connectivity index (χ2n) is 2.64. The highest BCUT2D eigenvalue weighted by atomic mass is 16.1. The van der Waals surface area contributed by atoms with Crippen molar-refractivity contribution in [3.8, 4) is 0 Å². The maximum absolute atomic E-state index is 9.88. The van der Waals surface area contributed by atoms with E-state index in [4.69, 9.17) is 5.41 Å². The molecule has 3 heteroatoms. The lowest BCUT2D eigenvalue weighted by Crippen LogP contribution is -2.25. The summed E-state index contributed by atoms with van der Waals surface area (Å²) in [5, 5.41) is 10.1. The molecule has 1 radical (unpaired) electrons. The summed E-state index contributed by atoms with van der Waals surface area (Å²) in [6.07, 6.45) is 2.21. The third-order valence-corrected chi connectivity index (χ3v) is 1.60. The highest BCUT2D eigenvalue weighted by molar-refractivity contribution is 5.83. The fraction of sp³-hybridized carbons (Fsp3) is 0.200. The predicted octanol–water partition coefficient (Wildman–Crippen LogP) is 0.906. The van der Waals surface area contributed by atoms with Crippen molar-refractivity contribution in [2.75, 3.05) is 6.54 Å². The van der Waals surface area contributed by atoms with Gasteiger partial charge >= 0.3 is 0 Å². The predicted molar refractivity (Wildman–Crippen MR) is 51.6 cm³/mol. The van der Waals surface area contributed by atoms with E-state index in [2.05, 4.69) is 5.32 Å². The molecule has 1 aromatic rings. The van der Waals surface area contributed by atoms with Crippen LogP contribution in [0, 0.1) is 5.41 Å². The van der Waals surface area contributed by atoms with Gasteiger partial charge in [0.1, 0.15) is 0 Å². The Morgan fingerprint density at radius 3 is 2.69 bits per heavy atom. The Morgan fingerprint density at radius 2 is 2.08 bits per heavy atom. The average molecular weight is 175 g/mol. The van der Waals surface area contributed by atoms with Crippen LogP contribution in [-0.4, -0.2) is 18.7 Å². The number of carbonyl (C=O) groups excluding carboxylic acids is 1. The molecule has 0 saturated carbocycles. The van der Waals surface area contributed by atoms with Gasteiger partial charge in [-0.1, -0.05) is 30.3 Å². The molecule has 0 aliphatic heterocycles. The van der Waals surface area contributed by atoms with Gasteiger partial charge in [-0.3, -0.25) is 10.2 Å². The van der Waals surface area contributed by atoms with Gasteiger partial charge in [-0.2, -0.15) is 0 Å². The highest BCUT2D eigenvalue weighted by Gasteiger charge is 1.96. The first-order chi connectivity index (χ1) is 6.33. The summed E-state index contributed by atoms with van der Waals surface area (Å²) >= 11 is 0. The normalized spacial score (nSPS) is 9.23. The van der Waals surface area contributed by atoms with Crippen LogP contribution in [0.1, 0.15) is 5.56 Å². The molecular formula is C10H11N2O. The Bertz CT molecular complexity index is 282. The second kappa shape index (κ2) is 5.09. The second-order valence-corrected chi connectivity index (χ2v) is 2.64. The molecule has 0 aliphatic rings. The number of hydrogen-bond donors (Lipinski definition) is 2. The molecular weight excluding hydrogens is 164 g/mol. The standard InChI is InChI=1S/C10H11N2O/c11-10(12-6-7-13)8-9-4-2-1-3-5-9/h1-5H,6,8H2,(H2,11,12). The molecule has 67 valence electrons. The van der Waals surface area contributed by atoms with Gasteiger partial charge in [0.15, 0.2) is 0 Å². The summed E-state index contributed by atoms with van der Waals surface area (Å²) < 4.78 is 0. The summed E-state index contributed by atoms with van der Waals surface area (Å²) in [5.74, 6) is 0.342. The van der Waals surface area contributed by atoms with Crippen LogP contribution < -0.4 is 5.32 Å². The van der Waals surface area contributed by atoms with Crippen LogP contribution in [0.5, 0.6) is 0 Å². The zero-order valence-corrected chi connectivity index (χ0v) is 7.21. The lowest BCUT2D eigenvalue weighted by molar-refractivity contribution is 0.554. The number of hydrogen-bond acceptors (Lipinski definition) is 2. The van der Waals surface area contributed by atoms with Crippen LogP contribution in [0.2, 0.25) is 0 Å². The van der Waals surface area contributed by atoms with E-state index in [1.165, 1.54) is 0 Å². The maximum Gasteiger partial charge on any atom is 0.219 e. The van der Waals surface area contributed by atoms with Gasteiger partial charge in [-0.25, -0.2) is 0 Å². The third-order valence-electron chi connectivity index (χ3n) is 1.60. The number of rotatable bonds is 4. The minimum atomic E-state index is 0.0890. The van der Waals surface area contributed by atoms with Crippen LogP contribution in [0.4, 0.5) is 0 Å². The first-order valence-electron chi connectivity index (χ1n) is 4.03. The van der Waals surface area contributed by atoms with Gasteiger partial charge in [0.2, 0.25) is 6.29 Å². The van der Waals surface area contributed by atoms with Crippen LogP contribution in [-0.2, 0) is 11.2 Å². The zero-order valence-electron chi connectivity index (χ0n) is 7.21. The molecule has 0 amide bonds. The number of benzene rings is 1. The molecule has 1 aromatic carbocycles. The molecule has 0 aromatic heterocycles. The van der Waals surface area contributed by atoms with Crippen LogP contribution in [0.3, 0.4) is 0 Å². The Labute approximate surface area is 77.3 Å². The van der Waals surface area contributed by atoms with Crippen molar-refractivity contribution in [3.05, 3.63) is 35.9 Å².